The molecule has 9 heteroatoms. The van der Waals surface area contributed by atoms with Gasteiger partial charge >= 0.3 is 0 Å². The Labute approximate surface area is 152 Å². The van der Waals surface area contributed by atoms with Gasteiger partial charge in [-0.2, -0.15) is 0 Å². The molecular formula is C16H17ClN2O4S2. The third-order valence-corrected chi connectivity index (χ3v) is 7.43. The molecule has 1 heterocycles. The molecule has 6 nitrogen and oxygen atoms in total. The summed E-state index contributed by atoms with van der Waals surface area (Å²) in [6.45, 7) is 0.386. The van der Waals surface area contributed by atoms with Gasteiger partial charge in [0.1, 0.15) is 5.21 Å². The second kappa shape index (κ2) is 6.86. The molecule has 0 spiro atoms. The molecule has 25 heavy (non-hydrogen) atoms. The lowest BCUT2D eigenvalue weighted by atomic mass is 10.0. The zero-order valence-corrected chi connectivity index (χ0v) is 15.6. The number of nitrogens with zero attached hydrogens (tertiary/aromatic N) is 1. The number of anilines is 2. The van der Waals surface area contributed by atoms with Crippen LogP contribution in [0.2, 0.25) is 0 Å². The number of hydrogen-bond acceptors (Lipinski definition) is 4. The number of aryl methyl sites for hydroxylation is 1. The highest BCUT2D eigenvalue weighted by molar-refractivity contribution is 7.93. The SMILES string of the molecule is O=S(=O)(CCl)Nc1ccc2c(c1)CCCN2S(=O)(=O)c1ccccc1. The lowest BCUT2D eigenvalue weighted by Gasteiger charge is -2.30. The molecule has 134 valence electrons. The molecule has 0 atom stereocenters. The third kappa shape index (κ3) is 3.75. The topological polar surface area (TPSA) is 83.6 Å². The van der Waals surface area contributed by atoms with Crippen LogP contribution in [0.4, 0.5) is 11.4 Å². The van der Waals surface area contributed by atoms with Gasteiger partial charge in [-0.1, -0.05) is 18.2 Å². The van der Waals surface area contributed by atoms with Crippen molar-refractivity contribution < 1.29 is 16.8 Å². The van der Waals surface area contributed by atoms with Gasteiger partial charge in [0.25, 0.3) is 10.0 Å². The first-order chi connectivity index (χ1) is 11.8. The maximum absolute atomic E-state index is 12.9. The highest BCUT2D eigenvalue weighted by Gasteiger charge is 2.29. The summed E-state index contributed by atoms with van der Waals surface area (Å²) in [6.07, 6.45) is 1.33. The van der Waals surface area contributed by atoms with Crippen LogP contribution in [0.5, 0.6) is 0 Å². The average molecular weight is 401 g/mol. The quantitative estimate of drug-likeness (QED) is 0.782. The van der Waals surface area contributed by atoms with Gasteiger partial charge in [-0.15, -0.1) is 11.6 Å². The number of fused-ring (bicyclic) bond motifs is 1. The van der Waals surface area contributed by atoms with E-state index >= 15 is 0 Å². The van der Waals surface area contributed by atoms with Crippen molar-refractivity contribution in [1.82, 2.24) is 0 Å². The Morgan fingerprint density at radius 3 is 2.44 bits per heavy atom. The Morgan fingerprint density at radius 2 is 1.76 bits per heavy atom. The summed E-state index contributed by atoms with van der Waals surface area (Å²) in [6, 6.07) is 13.1. The molecule has 0 amide bonds. The van der Waals surface area contributed by atoms with Crippen molar-refractivity contribution in [3.63, 3.8) is 0 Å². The van der Waals surface area contributed by atoms with Crippen molar-refractivity contribution in [1.29, 1.82) is 0 Å². The Kier molecular flexibility index (Phi) is 4.95. The van der Waals surface area contributed by atoms with E-state index in [1.807, 2.05) is 0 Å². The van der Waals surface area contributed by atoms with Crippen molar-refractivity contribution >= 4 is 43.0 Å². The summed E-state index contributed by atoms with van der Waals surface area (Å²) in [5.74, 6) is 0. The molecule has 0 unspecified atom stereocenters. The van der Waals surface area contributed by atoms with Gasteiger partial charge in [-0.25, -0.2) is 16.8 Å². The normalized spacial score (nSPS) is 14.8. The second-order valence-corrected chi connectivity index (χ2v) is 9.83. The predicted octanol–water partition coefficient (Wildman–Crippen LogP) is 2.77. The van der Waals surface area contributed by atoms with Gasteiger partial charge < -0.3 is 0 Å². The minimum absolute atomic E-state index is 0.231. The van der Waals surface area contributed by atoms with Crippen molar-refractivity contribution in [3.05, 3.63) is 54.1 Å². The molecule has 0 bridgehead atoms. The van der Waals surface area contributed by atoms with Gasteiger partial charge in [-0.3, -0.25) is 9.03 Å². The summed E-state index contributed by atoms with van der Waals surface area (Å²) >= 11 is 5.40. The Bertz CT molecular complexity index is 976. The third-order valence-electron chi connectivity index (χ3n) is 3.90. The molecule has 1 aliphatic rings. The maximum Gasteiger partial charge on any atom is 0.264 e. The number of hydrogen-bond donors (Lipinski definition) is 1. The summed E-state index contributed by atoms with van der Waals surface area (Å²) in [5.41, 5.74) is 1.72. The fourth-order valence-corrected chi connectivity index (χ4v) is 5.07. The highest BCUT2D eigenvalue weighted by Crippen LogP contribution is 2.33. The van der Waals surface area contributed by atoms with Crippen molar-refractivity contribution in [2.75, 3.05) is 20.8 Å². The highest BCUT2D eigenvalue weighted by atomic mass is 35.5. The molecule has 1 aliphatic heterocycles. The summed E-state index contributed by atoms with van der Waals surface area (Å²) in [5, 5.41) is -0.543. The summed E-state index contributed by atoms with van der Waals surface area (Å²) in [7, 11) is -7.25. The number of nitrogens with one attached hydrogen (secondary N) is 1. The second-order valence-electron chi connectivity index (χ2n) is 5.66. The Hall–Kier alpha value is -1.77. The zero-order chi connectivity index (χ0) is 18.1. The van der Waals surface area contributed by atoms with E-state index in [4.69, 9.17) is 11.6 Å². The fourth-order valence-electron chi connectivity index (χ4n) is 2.80. The van der Waals surface area contributed by atoms with Crippen LogP contribution in [0.3, 0.4) is 0 Å². The van der Waals surface area contributed by atoms with Crippen molar-refractivity contribution in [3.8, 4) is 0 Å². The zero-order valence-electron chi connectivity index (χ0n) is 13.2. The monoisotopic (exact) mass is 400 g/mol. The molecule has 0 fully saturated rings. The molecule has 0 aromatic heterocycles. The molecule has 2 aromatic rings. The van der Waals surface area contributed by atoms with E-state index in [-0.39, 0.29) is 4.90 Å². The number of sulfonamides is 2. The van der Waals surface area contributed by atoms with Crippen LogP contribution in [0.1, 0.15) is 12.0 Å². The van der Waals surface area contributed by atoms with Crippen LogP contribution in [0.25, 0.3) is 0 Å². The molecule has 1 N–H and O–H groups in total. The standard InChI is InChI=1S/C16H17ClN2O4S2/c17-12-24(20,21)18-14-8-9-16-13(11-14)5-4-10-19(16)25(22,23)15-6-2-1-3-7-15/h1-3,6-9,11,18H,4-5,10,12H2. The van der Waals surface area contributed by atoms with Crippen LogP contribution in [0.15, 0.2) is 53.4 Å². The van der Waals surface area contributed by atoms with Gasteiger partial charge in [0.05, 0.1) is 10.6 Å². The fraction of sp³-hybridized carbons (Fsp3) is 0.250. The van der Waals surface area contributed by atoms with E-state index in [0.717, 1.165) is 5.56 Å². The molecule has 0 radical (unpaired) electrons. The lowest BCUT2D eigenvalue weighted by molar-refractivity contribution is 0.586. The predicted molar refractivity (Wildman–Crippen MR) is 99.0 cm³/mol. The first-order valence-corrected chi connectivity index (χ1v) is 11.2. The van der Waals surface area contributed by atoms with Gasteiger partial charge in [0.15, 0.2) is 0 Å². The lowest BCUT2D eigenvalue weighted by Crippen LogP contribution is -2.35. The summed E-state index contributed by atoms with van der Waals surface area (Å²) in [4.78, 5) is 0.231. The van der Waals surface area contributed by atoms with Crippen LogP contribution >= 0.6 is 11.6 Å². The molecule has 3 rings (SSSR count). The average Bonchev–Trinajstić information content (AvgIpc) is 2.61. The largest absolute Gasteiger partial charge is 0.283 e. The smallest absolute Gasteiger partial charge is 0.264 e. The first-order valence-electron chi connectivity index (χ1n) is 7.61. The first kappa shape index (κ1) is 18.0. The minimum Gasteiger partial charge on any atom is -0.283 e. The van der Waals surface area contributed by atoms with E-state index in [2.05, 4.69) is 4.72 Å². The van der Waals surface area contributed by atoms with Crippen LogP contribution < -0.4 is 9.03 Å². The van der Waals surface area contributed by atoms with Gasteiger partial charge in [0.2, 0.25) is 10.0 Å². The molecule has 0 saturated carbocycles. The number of benzene rings is 2. The molecule has 0 saturated heterocycles. The van der Waals surface area contributed by atoms with Crippen LogP contribution in [-0.2, 0) is 26.5 Å². The van der Waals surface area contributed by atoms with Crippen molar-refractivity contribution in [2.24, 2.45) is 0 Å². The molecule has 0 aliphatic carbocycles. The van der Waals surface area contributed by atoms with E-state index in [9.17, 15) is 16.8 Å². The van der Waals surface area contributed by atoms with E-state index in [1.54, 1.807) is 48.5 Å². The molecule has 2 aromatic carbocycles. The van der Waals surface area contributed by atoms with Gasteiger partial charge in [-0.05, 0) is 48.7 Å². The number of rotatable bonds is 5. The van der Waals surface area contributed by atoms with Crippen LogP contribution in [-0.4, -0.2) is 28.6 Å². The maximum atomic E-state index is 12.9. The van der Waals surface area contributed by atoms with E-state index in [1.165, 1.54) is 4.31 Å². The van der Waals surface area contributed by atoms with Crippen molar-refractivity contribution in [2.45, 2.75) is 17.7 Å². The van der Waals surface area contributed by atoms with Crippen LogP contribution in [0, 0.1) is 0 Å². The Balaban J connectivity index is 1.98. The van der Waals surface area contributed by atoms with E-state index in [0.29, 0.717) is 30.8 Å². The van der Waals surface area contributed by atoms with Gasteiger partial charge in [0, 0.05) is 12.2 Å². The summed E-state index contributed by atoms with van der Waals surface area (Å²) < 4.78 is 52.8. The Morgan fingerprint density at radius 1 is 1.04 bits per heavy atom. The minimum atomic E-state index is -3.65. The number of halogens is 1. The van der Waals surface area contributed by atoms with E-state index < -0.39 is 25.3 Å². The number of alkyl halides is 1. The molecular weight excluding hydrogens is 384 g/mol.